The van der Waals surface area contributed by atoms with Crippen LogP contribution >= 0.6 is 22.9 Å². The van der Waals surface area contributed by atoms with Crippen LogP contribution in [0.4, 0.5) is 8.78 Å². The molecule has 3 rings (SSSR count). The number of ether oxygens (including phenoxy) is 1. The molecule has 3 aromatic rings. The predicted molar refractivity (Wildman–Crippen MR) is 105 cm³/mol. The number of thiazole rings is 1. The number of nitrogens with zero attached hydrogens (tertiary/aromatic N) is 1. The molecule has 0 aliphatic heterocycles. The summed E-state index contributed by atoms with van der Waals surface area (Å²) in [6.07, 6.45) is 0.0601. The van der Waals surface area contributed by atoms with Crippen molar-refractivity contribution in [1.29, 1.82) is 0 Å². The van der Waals surface area contributed by atoms with Crippen molar-refractivity contribution in [1.82, 2.24) is 10.3 Å². The van der Waals surface area contributed by atoms with Crippen LogP contribution in [0.15, 0.2) is 47.8 Å². The summed E-state index contributed by atoms with van der Waals surface area (Å²) >= 11 is 7.22. The third-order valence-corrected chi connectivity index (χ3v) is 5.05. The van der Waals surface area contributed by atoms with Crippen molar-refractivity contribution < 1.29 is 18.3 Å². The molecule has 1 atom stereocenters. The zero-order valence-electron chi connectivity index (χ0n) is 14.9. The van der Waals surface area contributed by atoms with Gasteiger partial charge in [0, 0.05) is 22.0 Å². The van der Waals surface area contributed by atoms with Gasteiger partial charge in [0.15, 0.2) is 0 Å². The molecule has 8 heteroatoms. The third-order valence-electron chi connectivity index (χ3n) is 3.92. The van der Waals surface area contributed by atoms with E-state index < -0.39 is 17.7 Å². The predicted octanol–water partition coefficient (Wildman–Crippen LogP) is 5.07. The summed E-state index contributed by atoms with van der Waals surface area (Å²) in [6, 6.07) is 9.70. The molecule has 1 N–H and O–H groups in total. The number of carbonyl (C=O) groups is 1. The smallest absolute Gasteiger partial charge is 0.226 e. The third kappa shape index (κ3) is 5.50. The molecule has 0 fully saturated rings. The summed E-state index contributed by atoms with van der Waals surface area (Å²) in [5.41, 5.74) is 0.828. The molecule has 2 aromatic carbocycles. The Labute approximate surface area is 170 Å². The molecule has 0 aliphatic carbocycles. The number of nitrogens with one attached hydrogen (secondary N) is 1. The van der Waals surface area contributed by atoms with E-state index in [-0.39, 0.29) is 24.5 Å². The Morgan fingerprint density at radius 1 is 1.25 bits per heavy atom. The van der Waals surface area contributed by atoms with E-state index in [1.165, 1.54) is 17.4 Å². The first-order chi connectivity index (χ1) is 13.4. The SMILES string of the molecule is CC(NC(=O)Cc1csc(COc2ccc(Cl)cc2)n1)c1ccc(F)cc1F. The van der Waals surface area contributed by atoms with Crippen LogP contribution in [0.2, 0.25) is 5.02 Å². The number of carbonyl (C=O) groups excluding carboxylic acids is 1. The van der Waals surface area contributed by atoms with Gasteiger partial charge in [-0.25, -0.2) is 13.8 Å². The molecule has 146 valence electrons. The molecule has 0 saturated heterocycles. The zero-order chi connectivity index (χ0) is 20.1. The maximum atomic E-state index is 13.8. The summed E-state index contributed by atoms with van der Waals surface area (Å²) < 4.78 is 32.4. The van der Waals surface area contributed by atoms with Gasteiger partial charge in [-0.3, -0.25) is 4.79 Å². The fourth-order valence-electron chi connectivity index (χ4n) is 2.56. The molecule has 0 radical (unpaired) electrons. The number of halogens is 3. The lowest BCUT2D eigenvalue weighted by Crippen LogP contribution is -2.28. The van der Waals surface area contributed by atoms with E-state index in [1.54, 1.807) is 36.6 Å². The fraction of sp³-hybridized carbons (Fsp3) is 0.200. The van der Waals surface area contributed by atoms with Crippen LogP contribution in [-0.2, 0) is 17.8 Å². The monoisotopic (exact) mass is 422 g/mol. The minimum atomic E-state index is -0.692. The fourth-order valence-corrected chi connectivity index (χ4v) is 3.39. The highest BCUT2D eigenvalue weighted by Gasteiger charge is 2.15. The van der Waals surface area contributed by atoms with E-state index in [9.17, 15) is 13.6 Å². The first-order valence-electron chi connectivity index (χ1n) is 8.46. The molecule has 0 saturated carbocycles. The van der Waals surface area contributed by atoms with E-state index in [2.05, 4.69) is 10.3 Å². The zero-order valence-corrected chi connectivity index (χ0v) is 16.5. The summed E-state index contributed by atoms with van der Waals surface area (Å²) in [5.74, 6) is -0.973. The number of aromatic nitrogens is 1. The Morgan fingerprint density at radius 2 is 2.00 bits per heavy atom. The number of benzene rings is 2. The highest BCUT2D eigenvalue weighted by atomic mass is 35.5. The molecule has 0 aliphatic rings. The van der Waals surface area contributed by atoms with Crippen LogP contribution in [0, 0.1) is 11.6 Å². The van der Waals surface area contributed by atoms with Crippen LogP contribution in [0.3, 0.4) is 0 Å². The molecule has 1 amide bonds. The Kier molecular flexibility index (Phi) is 6.59. The van der Waals surface area contributed by atoms with Gasteiger partial charge in [0.25, 0.3) is 0 Å². The van der Waals surface area contributed by atoms with Crippen LogP contribution in [-0.4, -0.2) is 10.9 Å². The Morgan fingerprint density at radius 3 is 2.71 bits per heavy atom. The molecule has 0 bridgehead atoms. The molecule has 28 heavy (non-hydrogen) atoms. The first kappa shape index (κ1) is 20.2. The second-order valence-electron chi connectivity index (χ2n) is 6.11. The van der Waals surface area contributed by atoms with Crippen molar-refractivity contribution in [2.45, 2.75) is 26.0 Å². The number of hydrogen-bond acceptors (Lipinski definition) is 4. The van der Waals surface area contributed by atoms with Crippen molar-refractivity contribution in [2.24, 2.45) is 0 Å². The van der Waals surface area contributed by atoms with E-state index >= 15 is 0 Å². The number of amides is 1. The van der Waals surface area contributed by atoms with Crippen LogP contribution in [0.1, 0.15) is 29.2 Å². The van der Waals surface area contributed by atoms with E-state index in [0.717, 1.165) is 17.1 Å². The largest absolute Gasteiger partial charge is 0.486 e. The van der Waals surface area contributed by atoms with Crippen LogP contribution in [0.5, 0.6) is 5.75 Å². The van der Waals surface area contributed by atoms with Gasteiger partial charge >= 0.3 is 0 Å². The van der Waals surface area contributed by atoms with Gasteiger partial charge in [0.1, 0.15) is 29.0 Å². The lowest BCUT2D eigenvalue weighted by Gasteiger charge is -2.14. The van der Waals surface area contributed by atoms with Crippen molar-refractivity contribution in [2.75, 3.05) is 0 Å². The first-order valence-corrected chi connectivity index (χ1v) is 9.72. The van der Waals surface area contributed by atoms with Gasteiger partial charge < -0.3 is 10.1 Å². The Hall–Kier alpha value is -2.51. The molecule has 0 spiro atoms. The van der Waals surface area contributed by atoms with Gasteiger partial charge in [-0.1, -0.05) is 17.7 Å². The van der Waals surface area contributed by atoms with Crippen LogP contribution in [0.25, 0.3) is 0 Å². The second kappa shape index (κ2) is 9.12. The lowest BCUT2D eigenvalue weighted by molar-refractivity contribution is -0.121. The Balaban J connectivity index is 1.52. The average Bonchev–Trinajstić information content (AvgIpc) is 3.08. The van der Waals surface area contributed by atoms with Gasteiger partial charge in [0.2, 0.25) is 5.91 Å². The van der Waals surface area contributed by atoms with E-state index in [0.29, 0.717) is 16.5 Å². The van der Waals surface area contributed by atoms with Crippen molar-refractivity contribution >= 4 is 28.8 Å². The number of hydrogen-bond donors (Lipinski definition) is 1. The molecule has 1 unspecified atom stereocenters. The van der Waals surface area contributed by atoms with E-state index in [4.69, 9.17) is 16.3 Å². The van der Waals surface area contributed by atoms with Crippen molar-refractivity contribution in [3.63, 3.8) is 0 Å². The van der Waals surface area contributed by atoms with Gasteiger partial charge in [-0.15, -0.1) is 11.3 Å². The Bertz CT molecular complexity index is 963. The molecule has 4 nitrogen and oxygen atoms in total. The highest BCUT2D eigenvalue weighted by Crippen LogP contribution is 2.20. The van der Waals surface area contributed by atoms with Gasteiger partial charge in [-0.2, -0.15) is 0 Å². The molecule has 1 heterocycles. The van der Waals surface area contributed by atoms with Gasteiger partial charge in [0.05, 0.1) is 18.2 Å². The quantitative estimate of drug-likeness (QED) is 0.578. The standard InChI is InChI=1S/C20H17ClF2N2O2S/c1-12(17-7-4-14(22)8-18(17)23)24-19(26)9-15-11-28-20(25-15)10-27-16-5-2-13(21)3-6-16/h2-8,11-12H,9-10H2,1H3,(H,24,26). The summed E-state index contributed by atoms with van der Waals surface area (Å²) in [5, 5.41) is 5.84. The topological polar surface area (TPSA) is 51.2 Å². The maximum Gasteiger partial charge on any atom is 0.226 e. The number of rotatable bonds is 7. The van der Waals surface area contributed by atoms with E-state index in [1.807, 2.05) is 0 Å². The minimum Gasteiger partial charge on any atom is -0.486 e. The van der Waals surface area contributed by atoms with Crippen molar-refractivity contribution in [3.05, 3.63) is 80.8 Å². The molecular weight excluding hydrogens is 406 g/mol. The lowest BCUT2D eigenvalue weighted by atomic mass is 10.1. The summed E-state index contributed by atoms with van der Waals surface area (Å²) in [6.45, 7) is 1.92. The van der Waals surface area contributed by atoms with Crippen molar-refractivity contribution in [3.8, 4) is 5.75 Å². The minimum absolute atomic E-state index is 0.0601. The highest BCUT2D eigenvalue weighted by molar-refractivity contribution is 7.09. The maximum absolute atomic E-state index is 13.8. The van der Waals surface area contributed by atoms with Crippen LogP contribution < -0.4 is 10.1 Å². The molecule has 1 aromatic heterocycles. The summed E-state index contributed by atoms with van der Waals surface area (Å²) in [7, 11) is 0. The molecular formula is C20H17ClF2N2O2S. The normalized spacial score (nSPS) is 11.9. The summed E-state index contributed by atoms with van der Waals surface area (Å²) in [4.78, 5) is 16.6. The van der Waals surface area contributed by atoms with Gasteiger partial charge in [-0.05, 0) is 37.3 Å². The average molecular weight is 423 g/mol. The second-order valence-corrected chi connectivity index (χ2v) is 7.49.